The lowest BCUT2D eigenvalue weighted by atomic mass is 10.1. The Bertz CT molecular complexity index is 642. The van der Waals surface area contributed by atoms with E-state index in [1.54, 1.807) is 12.4 Å². The molecule has 1 aliphatic carbocycles. The number of hydrogen-bond acceptors (Lipinski definition) is 4. The highest BCUT2D eigenvalue weighted by Gasteiger charge is 2.31. The Morgan fingerprint density at radius 1 is 1.29 bits per heavy atom. The van der Waals surface area contributed by atoms with Crippen LogP contribution in [0.5, 0.6) is 0 Å². The summed E-state index contributed by atoms with van der Waals surface area (Å²) >= 11 is 0. The number of nitrogens with one attached hydrogen (secondary N) is 2. The molecule has 1 aliphatic heterocycles. The molecule has 0 saturated heterocycles. The minimum Gasteiger partial charge on any atom is -0.347 e. The highest BCUT2D eigenvalue weighted by molar-refractivity contribution is 5.90. The van der Waals surface area contributed by atoms with Gasteiger partial charge in [-0.25, -0.2) is 4.98 Å². The van der Waals surface area contributed by atoms with E-state index in [1.165, 1.54) is 12.8 Å². The number of carbonyl (C=O) groups is 1. The van der Waals surface area contributed by atoms with Crippen LogP contribution >= 0.6 is 0 Å². The molecule has 1 saturated carbocycles. The molecule has 2 aromatic rings. The minimum absolute atomic E-state index is 0.134. The van der Waals surface area contributed by atoms with Gasteiger partial charge in [-0.2, -0.15) is 0 Å². The van der Waals surface area contributed by atoms with E-state index in [4.69, 9.17) is 0 Å². The van der Waals surface area contributed by atoms with E-state index in [0.29, 0.717) is 11.7 Å². The maximum absolute atomic E-state index is 12.0. The molecule has 21 heavy (non-hydrogen) atoms. The fraction of sp³-hybridized carbons (Fsp3) is 0.571. The number of hydrogen-bond donors (Lipinski definition) is 2. The predicted octanol–water partition coefficient (Wildman–Crippen LogP) is 1.01. The van der Waals surface area contributed by atoms with Crippen molar-refractivity contribution in [2.45, 2.75) is 50.6 Å². The summed E-state index contributed by atoms with van der Waals surface area (Å²) in [6, 6.07) is 0.163. The lowest BCUT2D eigenvalue weighted by Crippen LogP contribution is -2.35. The molecule has 2 aliphatic rings. The Hall–Kier alpha value is -2.18. The van der Waals surface area contributed by atoms with Crippen molar-refractivity contribution in [2.75, 3.05) is 0 Å². The molecule has 2 aromatic heterocycles. The van der Waals surface area contributed by atoms with Crippen molar-refractivity contribution in [1.29, 1.82) is 0 Å². The highest BCUT2D eigenvalue weighted by atomic mass is 16.2. The van der Waals surface area contributed by atoms with Crippen LogP contribution < -0.4 is 5.32 Å². The third-order valence-corrected chi connectivity index (χ3v) is 4.26. The van der Waals surface area contributed by atoms with Gasteiger partial charge in [0.15, 0.2) is 5.82 Å². The predicted molar refractivity (Wildman–Crippen MR) is 74.8 cm³/mol. The molecule has 1 atom stereocenters. The van der Waals surface area contributed by atoms with E-state index in [-0.39, 0.29) is 11.9 Å². The maximum atomic E-state index is 12.0. The summed E-state index contributed by atoms with van der Waals surface area (Å²) in [6.45, 7) is 0.886. The molecule has 1 unspecified atom stereocenters. The lowest BCUT2D eigenvalue weighted by molar-refractivity contribution is 0.0923. The van der Waals surface area contributed by atoms with Crippen molar-refractivity contribution in [3.63, 3.8) is 0 Å². The van der Waals surface area contributed by atoms with Crippen LogP contribution in [0.4, 0.5) is 0 Å². The molecule has 2 N–H and O–H groups in total. The lowest BCUT2D eigenvalue weighted by Gasteiger charge is -2.15. The Kier molecular flexibility index (Phi) is 2.98. The number of amides is 1. The number of fused-ring (bicyclic) bond motifs is 1. The van der Waals surface area contributed by atoms with Gasteiger partial charge in [0.25, 0.3) is 5.91 Å². The first-order valence-electron chi connectivity index (χ1n) is 7.53. The molecule has 110 valence electrons. The normalized spacial score (nSPS) is 21.6. The van der Waals surface area contributed by atoms with Crippen LogP contribution in [0.3, 0.4) is 0 Å². The molecule has 0 aromatic carbocycles. The number of aryl methyl sites for hydroxylation is 1. The fourth-order valence-electron chi connectivity index (χ4n) is 2.94. The molecular formula is C14H18N6O. The molecule has 4 rings (SSSR count). The van der Waals surface area contributed by atoms with Gasteiger partial charge in [0.1, 0.15) is 11.6 Å². The second kappa shape index (κ2) is 4.98. The summed E-state index contributed by atoms with van der Waals surface area (Å²) in [5.74, 6) is 3.05. The third-order valence-electron chi connectivity index (χ3n) is 4.26. The number of rotatable bonds is 3. The molecule has 3 heterocycles. The SMILES string of the molecule is O=C(NC1CCc2nnc(C3CC3)n2CC1)c1ncc[nH]1. The number of carbonyl (C=O) groups excluding carboxylic acids is 1. The van der Waals surface area contributed by atoms with Crippen LogP contribution in [0.1, 0.15) is 53.9 Å². The van der Waals surface area contributed by atoms with Crippen LogP contribution in [0.2, 0.25) is 0 Å². The zero-order chi connectivity index (χ0) is 14.2. The molecule has 1 fully saturated rings. The van der Waals surface area contributed by atoms with Crippen LogP contribution in [-0.4, -0.2) is 36.7 Å². The summed E-state index contributed by atoms with van der Waals surface area (Å²) in [4.78, 5) is 18.9. The Balaban J connectivity index is 1.43. The van der Waals surface area contributed by atoms with Gasteiger partial charge in [0, 0.05) is 37.3 Å². The van der Waals surface area contributed by atoms with Crippen LogP contribution in [0.15, 0.2) is 12.4 Å². The minimum atomic E-state index is -0.134. The second-order valence-electron chi connectivity index (χ2n) is 5.84. The topological polar surface area (TPSA) is 88.5 Å². The maximum Gasteiger partial charge on any atom is 0.287 e. The molecular weight excluding hydrogens is 268 g/mol. The Morgan fingerprint density at radius 3 is 2.95 bits per heavy atom. The van der Waals surface area contributed by atoms with Gasteiger partial charge in [0.2, 0.25) is 0 Å². The van der Waals surface area contributed by atoms with Gasteiger partial charge in [-0.05, 0) is 25.7 Å². The largest absolute Gasteiger partial charge is 0.347 e. The molecule has 0 bridgehead atoms. The van der Waals surface area contributed by atoms with Gasteiger partial charge in [-0.15, -0.1) is 10.2 Å². The molecule has 0 radical (unpaired) electrons. The summed E-state index contributed by atoms with van der Waals surface area (Å²) in [7, 11) is 0. The monoisotopic (exact) mass is 286 g/mol. The van der Waals surface area contributed by atoms with Crippen molar-refractivity contribution >= 4 is 5.91 Å². The fourth-order valence-corrected chi connectivity index (χ4v) is 2.94. The molecule has 0 spiro atoms. The van der Waals surface area contributed by atoms with Crippen molar-refractivity contribution in [3.8, 4) is 0 Å². The molecule has 1 amide bonds. The first-order valence-corrected chi connectivity index (χ1v) is 7.53. The van der Waals surface area contributed by atoms with Gasteiger partial charge >= 0.3 is 0 Å². The van der Waals surface area contributed by atoms with Gasteiger partial charge in [0.05, 0.1) is 0 Å². The number of imidazole rings is 1. The second-order valence-corrected chi connectivity index (χ2v) is 5.84. The summed E-state index contributed by atoms with van der Waals surface area (Å²) in [5.41, 5.74) is 0. The van der Waals surface area contributed by atoms with Crippen molar-refractivity contribution in [1.82, 2.24) is 30.0 Å². The van der Waals surface area contributed by atoms with Crippen molar-refractivity contribution < 1.29 is 4.79 Å². The van der Waals surface area contributed by atoms with Gasteiger partial charge in [-0.1, -0.05) is 0 Å². The smallest absolute Gasteiger partial charge is 0.287 e. The number of nitrogens with zero attached hydrogens (tertiary/aromatic N) is 4. The zero-order valence-corrected chi connectivity index (χ0v) is 11.7. The standard InChI is InChI=1S/C14H18N6O/c21-14(12-15-6-7-16-12)17-10-3-4-11-18-19-13(9-1-2-9)20(11)8-5-10/h6-7,9-10H,1-5,8H2,(H,15,16)(H,17,21). The van der Waals surface area contributed by atoms with Crippen molar-refractivity contribution in [2.24, 2.45) is 0 Å². The first-order chi connectivity index (χ1) is 10.3. The van der Waals surface area contributed by atoms with E-state index in [9.17, 15) is 4.79 Å². The van der Waals surface area contributed by atoms with Gasteiger partial charge in [-0.3, -0.25) is 4.79 Å². The van der Waals surface area contributed by atoms with Crippen LogP contribution in [0.25, 0.3) is 0 Å². The number of aromatic nitrogens is 5. The average molecular weight is 286 g/mol. The number of H-pyrrole nitrogens is 1. The quantitative estimate of drug-likeness (QED) is 0.881. The first kappa shape index (κ1) is 12.6. The van der Waals surface area contributed by atoms with E-state index < -0.39 is 0 Å². The Morgan fingerprint density at radius 2 is 2.19 bits per heavy atom. The third kappa shape index (κ3) is 2.43. The van der Waals surface area contributed by atoms with Crippen LogP contribution in [0, 0.1) is 0 Å². The molecule has 7 heteroatoms. The van der Waals surface area contributed by atoms with E-state index in [0.717, 1.165) is 37.5 Å². The van der Waals surface area contributed by atoms with E-state index in [2.05, 4.69) is 30.0 Å². The summed E-state index contributed by atoms with van der Waals surface area (Å²) in [6.07, 6.45) is 8.39. The average Bonchev–Trinajstić information content (AvgIpc) is 3.09. The van der Waals surface area contributed by atoms with E-state index in [1.807, 2.05) is 0 Å². The van der Waals surface area contributed by atoms with Crippen LogP contribution in [-0.2, 0) is 13.0 Å². The zero-order valence-electron chi connectivity index (χ0n) is 11.7. The number of aromatic amines is 1. The van der Waals surface area contributed by atoms with Crippen molar-refractivity contribution in [3.05, 3.63) is 29.9 Å². The summed E-state index contributed by atoms with van der Waals surface area (Å²) in [5, 5.41) is 11.7. The molecule has 7 nitrogen and oxygen atoms in total. The van der Waals surface area contributed by atoms with Gasteiger partial charge < -0.3 is 14.9 Å². The van der Waals surface area contributed by atoms with E-state index >= 15 is 0 Å². The highest BCUT2D eigenvalue weighted by Crippen LogP contribution is 2.39. The Labute approximate surface area is 122 Å². The summed E-state index contributed by atoms with van der Waals surface area (Å²) < 4.78 is 2.26.